The zero-order valence-corrected chi connectivity index (χ0v) is 15.7. The highest BCUT2D eigenvalue weighted by molar-refractivity contribution is 5.89. The summed E-state index contributed by atoms with van der Waals surface area (Å²) in [6.45, 7) is 4.49. The molecule has 0 N–H and O–H groups in total. The molecule has 2 aromatic carbocycles. The largest absolute Gasteiger partial charge is 0.467 e. The van der Waals surface area contributed by atoms with Crippen molar-refractivity contribution in [3.8, 4) is 5.75 Å². The van der Waals surface area contributed by atoms with Gasteiger partial charge in [0.25, 0.3) is 5.69 Å². The van der Waals surface area contributed by atoms with Crippen molar-refractivity contribution in [2.45, 2.75) is 39.8 Å². The summed E-state index contributed by atoms with van der Waals surface area (Å²) >= 11 is 0. The Bertz CT molecular complexity index is 862. The Hall–Kier alpha value is -2.97. The molecule has 0 amide bonds. The molecule has 28 heavy (non-hydrogen) atoms. The Labute approximate surface area is 162 Å². The van der Waals surface area contributed by atoms with Crippen molar-refractivity contribution < 1.29 is 28.7 Å². The molecule has 0 aromatic heterocycles. The first kappa shape index (κ1) is 19.8. The van der Waals surface area contributed by atoms with Crippen LogP contribution >= 0.6 is 0 Å². The fourth-order valence-electron chi connectivity index (χ4n) is 2.72. The van der Waals surface area contributed by atoms with Crippen LogP contribution in [0.2, 0.25) is 0 Å². The van der Waals surface area contributed by atoms with Gasteiger partial charge in [-0.05, 0) is 31.5 Å². The summed E-state index contributed by atoms with van der Waals surface area (Å²) in [5.41, 5.74) is 2.22. The second-order valence-electron chi connectivity index (χ2n) is 6.59. The maximum atomic E-state index is 12.3. The number of esters is 1. The van der Waals surface area contributed by atoms with E-state index in [-0.39, 0.29) is 31.8 Å². The average molecular weight is 387 g/mol. The SMILES string of the molecule is CC(C)OCc1ccc(C(=O)OCc2cc([N+](=O)[O-])cc3c2OCOC3)cc1. The van der Waals surface area contributed by atoms with Crippen molar-refractivity contribution in [2.24, 2.45) is 0 Å². The molecule has 0 radical (unpaired) electrons. The molecule has 0 saturated carbocycles. The number of nitro benzene ring substituents is 1. The number of nitrogens with zero attached hydrogens (tertiary/aromatic N) is 1. The van der Waals surface area contributed by atoms with Gasteiger partial charge in [0.05, 0.1) is 29.8 Å². The van der Waals surface area contributed by atoms with Crippen molar-refractivity contribution in [3.05, 3.63) is 68.8 Å². The number of benzene rings is 2. The van der Waals surface area contributed by atoms with Crippen LogP contribution in [0.25, 0.3) is 0 Å². The van der Waals surface area contributed by atoms with Gasteiger partial charge in [-0.2, -0.15) is 0 Å². The van der Waals surface area contributed by atoms with E-state index in [9.17, 15) is 14.9 Å². The van der Waals surface area contributed by atoms with Gasteiger partial charge in [-0.25, -0.2) is 4.79 Å². The predicted molar refractivity (Wildman–Crippen MR) is 98.9 cm³/mol. The zero-order chi connectivity index (χ0) is 20.1. The van der Waals surface area contributed by atoms with Crippen LogP contribution in [0.5, 0.6) is 5.75 Å². The summed E-state index contributed by atoms with van der Waals surface area (Å²) in [7, 11) is 0. The van der Waals surface area contributed by atoms with Crippen molar-refractivity contribution in [2.75, 3.05) is 6.79 Å². The van der Waals surface area contributed by atoms with Gasteiger partial charge in [0.15, 0.2) is 6.79 Å². The lowest BCUT2D eigenvalue weighted by molar-refractivity contribution is -0.385. The van der Waals surface area contributed by atoms with Gasteiger partial charge >= 0.3 is 5.97 Å². The van der Waals surface area contributed by atoms with Crippen molar-refractivity contribution >= 4 is 11.7 Å². The third-order valence-corrected chi connectivity index (χ3v) is 4.11. The summed E-state index contributed by atoms with van der Waals surface area (Å²) in [4.78, 5) is 23.0. The highest BCUT2D eigenvalue weighted by Crippen LogP contribution is 2.33. The summed E-state index contributed by atoms with van der Waals surface area (Å²) in [6, 6.07) is 9.67. The molecular weight excluding hydrogens is 366 g/mol. The second kappa shape index (κ2) is 8.81. The topological polar surface area (TPSA) is 97.1 Å². The molecule has 0 unspecified atom stereocenters. The summed E-state index contributed by atoms with van der Waals surface area (Å²) in [5.74, 6) is -0.0607. The Kier molecular flexibility index (Phi) is 6.23. The maximum absolute atomic E-state index is 12.3. The van der Waals surface area contributed by atoms with Crippen molar-refractivity contribution in [1.29, 1.82) is 0 Å². The molecule has 1 heterocycles. The third kappa shape index (κ3) is 4.85. The number of carbonyl (C=O) groups is 1. The molecule has 0 fully saturated rings. The number of hydrogen-bond acceptors (Lipinski definition) is 7. The van der Waals surface area contributed by atoms with Gasteiger partial charge in [0.1, 0.15) is 12.4 Å². The minimum absolute atomic E-state index is 0.0473. The van der Waals surface area contributed by atoms with E-state index in [4.69, 9.17) is 18.9 Å². The van der Waals surface area contributed by atoms with E-state index in [2.05, 4.69) is 0 Å². The molecule has 1 aliphatic heterocycles. The lowest BCUT2D eigenvalue weighted by Crippen LogP contribution is -2.15. The molecule has 0 spiro atoms. The van der Waals surface area contributed by atoms with Gasteiger partial charge in [-0.15, -0.1) is 0 Å². The monoisotopic (exact) mass is 387 g/mol. The molecule has 1 aliphatic rings. The number of hydrogen-bond donors (Lipinski definition) is 0. The number of nitro groups is 1. The average Bonchev–Trinajstić information content (AvgIpc) is 2.70. The quantitative estimate of drug-likeness (QED) is 0.405. The Morgan fingerprint density at radius 3 is 2.64 bits per heavy atom. The fraction of sp³-hybridized carbons (Fsp3) is 0.350. The summed E-state index contributed by atoms with van der Waals surface area (Å²) in [5, 5.41) is 11.1. The molecule has 148 valence electrons. The normalized spacial score (nSPS) is 13.0. The Morgan fingerprint density at radius 2 is 1.96 bits per heavy atom. The number of ether oxygens (including phenoxy) is 4. The minimum atomic E-state index is -0.524. The summed E-state index contributed by atoms with van der Waals surface area (Å²) < 4.78 is 21.5. The van der Waals surface area contributed by atoms with Crippen molar-refractivity contribution in [3.63, 3.8) is 0 Å². The number of non-ortho nitro benzene ring substituents is 1. The molecule has 0 saturated heterocycles. The number of carbonyl (C=O) groups excluding carboxylic acids is 1. The molecule has 8 nitrogen and oxygen atoms in total. The van der Waals surface area contributed by atoms with Crippen LogP contribution in [0.4, 0.5) is 5.69 Å². The van der Waals surface area contributed by atoms with Crippen molar-refractivity contribution in [1.82, 2.24) is 0 Å². The highest BCUT2D eigenvalue weighted by Gasteiger charge is 2.22. The van der Waals surface area contributed by atoms with Crippen LogP contribution in [0.1, 0.15) is 40.9 Å². The van der Waals surface area contributed by atoms with Crippen LogP contribution in [0.15, 0.2) is 36.4 Å². The van der Waals surface area contributed by atoms with Gasteiger partial charge in [0.2, 0.25) is 0 Å². The van der Waals surface area contributed by atoms with E-state index >= 15 is 0 Å². The minimum Gasteiger partial charge on any atom is -0.467 e. The summed E-state index contributed by atoms with van der Waals surface area (Å²) in [6.07, 6.45) is 0.123. The molecule has 2 aromatic rings. The van der Waals surface area contributed by atoms with E-state index < -0.39 is 10.9 Å². The van der Waals surface area contributed by atoms with E-state index in [0.717, 1.165) is 5.56 Å². The van der Waals surface area contributed by atoms with E-state index in [1.165, 1.54) is 12.1 Å². The van der Waals surface area contributed by atoms with Crippen LogP contribution in [0.3, 0.4) is 0 Å². The van der Waals surface area contributed by atoms with Crippen LogP contribution < -0.4 is 4.74 Å². The van der Waals surface area contributed by atoms with Crippen LogP contribution in [-0.2, 0) is 34.0 Å². The lowest BCUT2D eigenvalue weighted by Gasteiger charge is -2.20. The van der Waals surface area contributed by atoms with Gasteiger partial charge in [-0.1, -0.05) is 12.1 Å². The van der Waals surface area contributed by atoms with E-state index in [1.54, 1.807) is 24.3 Å². The van der Waals surface area contributed by atoms with Gasteiger partial charge < -0.3 is 18.9 Å². The maximum Gasteiger partial charge on any atom is 0.338 e. The Morgan fingerprint density at radius 1 is 1.21 bits per heavy atom. The fourth-order valence-corrected chi connectivity index (χ4v) is 2.72. The number of rotatable bonds is 7. The molecule has 0 atom stereocenters. The van der Waals surface area contributed by atoms with Gasteiger partial charge in [-0.3, -0.25) is 10.1 Å². The smallest absolute Gasteiger partial charge is 0.338 e. The van der Waals surface area contributed by atoms with Crippen LogP contribution in [0, 0.1) is 10.1 Å². The Balaban J connectivity index is 1.69. The number of fused-ring (bicyclic) bond motifs is 1. The first-order valence-electron chi connectivity index (χ1n) is 8.82. The molecular formula is C20H21NO7. The van der Waals surface area contributed by atoms with Crippen LogP contribution in [-0.4, -0.2) is 23.8 Å². The first-order chi connectivity index (χ1) is 13.4. The predicted octanol–water partition coefficient (Wildman–Crippen LogP) is 3.74. The molecule has 0 bridgehead atoms. The molecule has 8 heteroatoms. The molecule has 0 aliphatic carbocycles. The standard InChI is InChI=1S/C20H21NO7/c1-13(2)26-9-14-3-5-15(6-4-14)20(22)27-11-17-8-18(21(23)24)7-16-10-25-12-28-19(16)17/h3-8,13H,9-12H2,1-2H3. The first-order valence-corrected chi connectivity index (χ1v) is 8.82. The second-order valence-corrected chi connectivity index (χ2v) is 6.59. The van der Waals surface area contributed by atoms with E-state index in [0.29, 0.717) is 29.0 Å². The third-order valence-electron chi connectivity index (χ3n) is 4.11. The highest BCUT2D eigenvalue weighted by atomic mass is 16.7. The van der Waals surface area contributed by atoms with Gasteiger partial charge in [0, 0.05) is 23.3 Å². The van der Waals surface area contributed by atoms with E-state index in [1.807, 2.05) is 13.8 Å². The lowest BCUT2D eigenvalue weighted by atomic mass is 10.1. The molecule has 3 rings (SSSR count). The zero-order valence-electron chi connectivity index (χ0n) is 15.7.